The van der Waals surface area contributed by atoms with Gasteiger partial charge in [0.2, 0.25) is 0 Å². The lowest BCUT2D eigenvalue weighted by Crippen LogP contribution is -2.38. The molecule has 0 saturated heterocycles. The van der Waals surface area contributed by atoms with Gasteiger partial charge in [0.1, 0.15) is 11.6 Å². The fourth-order valence-electron chi connectivity index (χ4n) is 2.55. The van der Waals surface area contributed by atoms with Crippen LogP contribution >= 0.6 is 12.2 Å². The molecule has 0 spiro atoms. The molecule has 0 saturated carbocycles. The Morgan fingerprint density at radius 3 is 2.17 bits per heavy atom. The summed E-state index contributed by atoms with van der Waals surface area (Å²) in [7, 11) is 0. The molecule has 0 aliphatic heterocycles. The normalized spacial score (nSPS) is 11.7. The van der Waals surface area contributed by atoms with Crippen molar-refractivity contribution in [2.24, 2.45) is 0 Å². The van der Waals surface area contributed by atoms with Gasteiger partial charge in [0, 0.05) is 23.4 Å². The number of thiocarbonyl (C=S) groups is 1. The molecule has 2 N–H and O–H groups in total. The number of anilines is 1. The maximum atomic E-state index is 13.2. The number of ether oxygens (including phenoxy) is 1. The largest absolute Gasteiger partial charge is 0.502 e. The van der Waals surface area contributed by atoms with E-state index in [4.69, 9.17) is 12.2 Å². The minimum Gasteiger partial charge on any atom is -0.502 e. The Hall–Kier alpha value is -3.39. The van der Waals surface area contributed by atoms with E-state index < -0.39 is 12.4 Å². The third-order valence-corrected chi connectivity index (χ3v) is 4.16. The number of nitrogens with zero attached hydrogens (tertiary/aromatic N) is 1. The van der Waals surface area contributed by atoms with Gasteiger partial charge < -0.3 is 15.2 Å². The highest BCUT2D eigenvalue weighted by Crippen LogP contribution is 2.21. The lowest BCUT2D eigenvalue weighted by Gasteiger charge is -2.11. The third kappa shape index (κ3) is 5.32. The van der Waals surface area contributed by atoms with Gasteiger partial charge in [0.15, 0.2) is 23.1 Å². The summed E-state index contributed by atoms with van der Waals surface area (Å²) in [5.74, 6) is -0.572. The van der Waals surface area contributed by atoms with E-state index in [2.05, 4.69) is 10.1 Å². The van der Waals surface area contributed by atoms with E-state index >= 15 is 0 Å². The second kappa shape index (κ2) is 9.20. The predicted octanol–water partition coefficient (Wildman–Crippen LogP) is 5.04. The molecule has 29 heavy (non-hydrogen) atoms. The van der Waals surface area contributed by atoms with Crippen LogP contribution in [-0.4, -0.2) is 16.7 Å². The molecule has 0 radical (unpaired) electrons. The average Bonchev–Trinajstić information content (AvgIpc) is 2.70. The molecule has 8 heteroatoms. The van der Waals surface area contributed by atoms with Crippen LogP contribution in [0.15, 0.2) is 79.1 Å². The van der Waals surface area contributed by atoms with E-state index in [-0.39, 0.29) is 22.2 Å². The van der Waals surface area contributed by atoms with E-state index in [0.29, 0.717) is 11.3 Å². The molecule has 0 aliphatic rings. The van der Waals surface area contributed by atoms with Gasteiger partial charge >= 0.3 is 6.61 Å². The molecule has 1 aromatic heterocycles. The first-order valence-corrected chi connectivity index (χ1v) is 8.87. The van der Waals surface area contributed by atoms with Crippen LogP contribution in [0.2, 0.25) is 0 Å². The van der Waals surface area contributed by atoms with Gasteiger partial charge in [-0.2, -0.15) is 13.3 Å². The number of benzene rings is 2. The summed E-state index contributed by atoms with van der Waals surface area (Å²) in [5.41, 5.74) is 1.15. The maximum absolute atomic E-state index is 13.2. The Morgan fingerprint density at radius 2 is 1.59 bits per heavy atom. The Bertz CT molecular complexity index is 1010. The molecule has 0 atom stereocenters. The van der Waals surface area contributed by atoms with Crippen molar-refractivity contribution in [1.29, 1.82) is 0 Å². The number of aromatic nitrogens is 1. The number of nitrogens with one attached hydrogen (secondary N) is 1. The van der Waals surface area contributed by atoms with Crippen molar-refractivity contribution >= 4 is 34.3 Å². The Kier molecular flexibility index (Phi) is 6.46. The van der Waals surface area contributed by atoms with Crippen LogP contribution in [0.3, 0.4) is 0 Å². The number of aliphatic hydroxyl groups excluding tert-OH is 1. The van der Waals surface area contributed by atoms with Crippen LogP contribution in [0.4, 0.5) is 18.9 Å². The predicted molar refractivity (Wildman–Crippen MR) is 108 cm³/mol. The van der Waals surface area contributed by atoms with Gasteiger partial charge in [-0.1, -0.05) is 18.3 Å². The van der Waals surface area contributed by atoms with E-state index in [1.165, 1.54) is 48.5 Å². The van der Waals surface area contributed by atoms with E-state index in [9.17, 15) is 18.3 Å². The number of hydrogen-bond acceptors (Lipinski definition) is 3. The summed E-state index contributed by atoms with van der Waals surface area (Å²) in [4.78, 5) is 0.172. The van der Waals surface area contributed by atoms with Gasteiger partial charge in [-0.15, -0.1) is 0 Å². The molecule has 3 aromatic rings. The van der Waals surface area contributed by atoms with Crippen molar-refractivity contribution in [2.75, 3.05) is 5.32 Å². The van der Waals surface area contributed by atoms with Gasteiger partial charge in [0.25, 0.3) is 5.70 Å². The van der Waals surface area contributed by atoms with Crippen LogP contribution in [-0.2, 0) is 0 Å². The average molecular weight is 417 g/mol. The summed E-state index contributed by atoms with van der Waals surface area (Å²) >= 11 is 5.47. The first-order chi connectivity index (χ1) is 13.9. The minimum absolute atomic E-state index is 0.0128. The minimum atomic E-state index is -2.91. The van der Waals surface area contributed by atoms with Crippen molar-refractivity contribution in [2.45, 2.75) is 6.61 Å². The number of hydrogen-bond donors (Lipinski definition) is 2. The summed E-state index contributed by atoms with van der Waals surface area (Å²) < 4.78 is 43.7. The second-order valence-corrected chi connectivity index (χ2v) is 6.25. The summed E-state index contributed by atoms with van der Waals surface area (Å²) in [6, 6.07) is 16.5. The quantitative estimate of drug-likeness (QED) is 0.255. The summed E-state index contributed by atoms with van der Waals surface area (Å²) in [5, 5.41) is 13.8. The standard InChI is InChI=1S/C21H15F3N2O2S/c22-15-6-4-14(5-7-15)19(27)18(26-12-2-1-3-13-26)20(29)25-16-8-10-17(11-9-16)28-21(23)24/h1-13,21H,(H-,25,27,29)/p+1. The molecular weight excluding hydrogens is 401 g/mol. The molecule has 4 nitrogen and oxygen atoms in total. The van der Waals surface area contributed by atoms with Crippen LogP contribution < -0.4 is 14.6 Å². The van der Waals surface area contributed by atoms with Gasteiger partial charge in [-0.3, -0.25) is 0 Å². The van der Waals surface area contributed by atoms with E-state index in [0.717, 1.165) is 0 Å². The van der Waals surface area contributed by atoms with Crippen LogP contribution in [0, 0.1) is 5.82 Å². The van der Waals surface area contributed by atoms with Gasteiger partial charge in [-0.05, 0) is 48.5 Å². The number of alkyl halides is 2. The molecule has 0 unspecified atom stereocenters. The molecular formula is C21H16F3N2O2S+. The molecule has 1 heterocycles. The van der Waals surface area contributed by atoms with Crippen LogP contribution in [0.5, 0.6) is 5.75 Å². The van der Waals surface area contributed by atoms with Crippen molar-refractivity contribution in [3.63, 3.8) is 0 Å². The van der Waals surface area contributed by atoms with Crippen molar-refractivity contribution in [1.82, 2.24) is 0 Å². The zero-order valence-electron chi connectivity index (χ0n) is 14.9. The van der Waals surface area contributed by atoms with Gasteiger partial charge in [0.05, 0.1) is 0 Å². The lowest BCUT2D eigenvalue weighted by molar-refractivity contribution is -0.575. The topological polar surface area (TPSA) is 45.4 Å². The smallest absolute Gasteiger partial charge is 0.387 e. The monoisotopic (exact) mass is 417 g/mol. The number of halogens is 3. The van der Waals surface area contributed by atoms with E-state index in [1.807, 2.05) is 0 Å². The number of aliphatic hydroxyl groups is 1. The maximum Gasteiger partial charge on any atom is 0.387 e. The molecule has 3 rings (SSSR count). The Labute approximate surface area is 170 Å². The zero-order valence-corrected chi connectivity index (χ0v) is 15.7. The van der Waals surface area contributed by atoms with Crippen LogP contribution in [0.1, 0.15) is 5.56 Å². The first-order valence-electron chi connectivity index (χ1n) is 8.46. The molecule has 148 valence electrons. The number of pyridine rings is 1. The highest BCUT2D eigenvalue weighted by molar-refractivity contribution is 7.81. The molecule has 0 fully saturated rings. The zero-order chi connectivity index (χ0) is 20.8. The molecule has 2 aromatic carbocycles. The Balaban J connectivity index is 1.93. The van der Waals surface area contributed by atoms with Crippen molar-refractivity contribution in [3.8, 4) is 5.75 Å². The summed E-state index contributed by atoms with van der Waals surface area (Å²) in [6.45, 7) is -2.91. The number of rotatable bonds is 6. The summed E-state index contributed by atoms with van der Waals surface area (Å²) in [6.07, 6.45) is 3.39. The SMILES string of the molecule is O/C(=C(\C(=S)Nc1ccc(OC(F)F)cc1)[n+]1ccccc1)c1ccc(F)cc1. The first kappa shape index (κ1) is 20.3. The van der Waals surface area contributed by atoms with Crippen molar-refractivity contribution < 1.29 is 27.6 Å². The Morgan fingerprint density at radius 1 is 0.966 bits per heavy atom. The highest BCUT2D eigenvalue weighted by Gasteiger charge is 2.23. The fraction of sp³-hybridized carbons (Fsp3) is 0.0476. The molecule has 0 bridgehead atoms. The lowest BCUT2D eigenvalue weighted by atomic mass is 10.1. The molecule has 0 amide bonds. The second-order valence-electron chi connectivity index (χ2n) is 5.84. The van der Waals surface area contributed by atoms with Crippen molar-refractivity contribution in [3.05, 3.63) is 90.5 Å². The molecule has 0 aliphatic carbocycles. The van der Waals surface area contributed by atoms with E-state index in [1.54, 1.807) is 35.2 Å². The highest BCUT2D eigenvalue weighted by atomic mass is 32.1. The van der Waals surface area contributed by atoms with Crippen LogP contribution in [0.25, 0.3) is 11.5 Å². The van der Waals surface area contributed by atoms with Gasteiger partial charge in [-0.25, -0.2) is 4.39 Å². The fourth-order valence-corrected chi connectivity index (χ4v) is 2.87. The third-order valence-electron chi connectivity index (χ3n) is 3.87.